The maximum atomic E-state index is 13.3. The number of halogens is 4. The van der Waals surface area contributed by atoms with Gasteiger partial charge in [-0.1, -0.05) is 6.07 Å². The molecule has 0 heterocycles. The minimum absolute atomic E-state index is 0.231. The van der Waals surface area contributed by atoms with Crippen LogP contribution in [0.3, 0.4) is 0 Å². The summed E-state index contributed by atoms with van der Waals surface area (Å²) in [5.41, 5.74) is 4.66. The summed E-state index contributed by atoms with van der Waals surface area (Å²) in [7, 11) is 0. The first kappa shape index (κ1) is 15.4. The molecule has 0 unspecified atom stereocenters. The number of rotatable bonds is 4. The normalized spacial score (nSPS) is 13.2. The predicted molar refractivity (Wildman–Crippen MR) is 61.6 cm³/mol. The molecule has 0 saturated heterocycles. The molecule has 0 radical (unpaired) electrons. The highest BCUT2D eigenvalue weighted by molar-refractivity contribution is 5.72. The summed E-state index contributed by atoms with van der Waals surface area (Å²) in [6.07, 6.45) is -4.41. The van der Waals surface area contributed by atoms with Gasteiger partial charge in [0, 0.05) is 19.5 Å². The number of hydrogen-bond donors (Lipinski definition) is 2. The van der Waals surface area contributed by atoms with Crippen LogP contribution in [0.25, 0.3) is 0 Å². The fraction of sp³-hybridized carbons (Fsp3) is 0.417. The molecule has 1 aromatic rings. The molecule has 0 fully saturated rings. The second-order valence-corrected chi connectivity index (χ2v) is 4.12. The lowest BCUT2D eigenvalue weighted by molar-refractivity contribution is -0.140. The lowest BCUT2D eigenvalue weighted by Crippen LogP contribution is -2.25. The number of amides is 1. The van der Waals surface area contributed by atoms with E-state index < -0.39 is 23.6 Å². The van der Waals surface area contributed by atoms with Crippen molar-refractivity contribution in [2.75, 3.05) is 6.54 Å². The second kappa shape index (κ2) is 6.01. The van der Waals surface area contributed by atoms with Crippen LogP contribution in [0.15, 0.2) is 18.2 Å². The van der Waals surface area contributed by atoms with Crippen molar-refractivity contribution >= 4 is 5.91 Å². The van der Waals surface area contributed by atoms with Gasteiger partial charge in [0.2, 0.25) is 5.91 Å². The minimum atomic E-state index is -4.72. The highest BCUT2D eigenvalue weighted by Gasteiger charge is 2.34. The summed E-state index contributed by atoms with van der Waals surface area (Å²) in [4.78, 5) is 10.6. The summed E-state index contributed by atoms with van der Waals surface area (Å²) >= 11 is 0. The standard InChI is InChI=1S/C12H14F4N2O/c1-7(19)18-5-4-11(17)8-2-3-9(10(13)6-8)12(14,15)16/h2-3,6,11H,4-5,17H2,1H3,(H,18,19)/t11-/m1/s1. The number of carbonyl (C=O) groups is 1. The lowest BCUT2D eigenvalue weighted by atomic mass is 10.0. The number of nitrogens with two attached hydrogens (primary N) is 1. The highest BCUT2D eigenvalue weighted by Crippen LogP contribution is 2.32. The molecule has 0 aliphatic heterocycles. The Morgan fingerprint density at radius 1 is 1.42 bits per heavy atom. The van der Waals surface area contributed by atoms with E-state index in [9.17, 15) is 22.4 Å². The van der Waals surface area contributed by atoms with Crippen LogP contribution in [0, 0.1) is 5.82 Å². The van der Waals surface area contributed by atoms with Crippen LogP contribution in [0.1, 0.15) is 30.5 Å². The number of nitrogens with one attached hydrogen (secondary N) is 1. The predicted octanol–water partition coefficient (Wildman–Crippen LogP) is 2.37. The number of benzene rings is 1. The molecule has 3 nitrogen and oxygen atoms in total. The van der Waals surface area contributed by atoms with Gasteiger partial charge in [-0.15, -0.1) is 0 Å². The average Bonchev–Trinajstić information content (AvgIpc) is 2.26. The van der Waals surface area contributed by atoms with Gasteiger partial charge in [-0.2, -0.15) is 13.2 Å². The Kier molecular flexibility index (Phi) is 4.88. The fourth-order valence-electron chi connectivity index (χ4n) is 1.56. The Morgan fingerprint density at radius 2 is 2.05 bits per heavy atom. The molecule has 1 rings (SSSR count). The van der Waals surface area contributed by atoms with E-state index in [1.54, 1.807) is 0 Å². The van der Waals surface area contributed by atoms with E-state index >= 15 is 0 Å². The van der Waals surface area contributed by atoms with Gasteiger partial charge in [-0.05, 0) is 24.1 Å². The number of alkyl halides is 3. The zero-order valence-electron chi connectivity index (χ0n) is 10.2. The Bertz CT molecular complexity index is 460. The van der Waals surface area contributed by atoms with Crippen LogP contribution >= 0.6 is 0 Å². The van der Waals surface area contributed by atoms with E-state index in [1.165, 1.54) is 6.92 Å². The first-order valence-electron chi connectivity index (χ1n) is 5.58. The third-order valence-electron chi connectivity index (χ3n) is 2.56. The Balaban J connectivity index is 2.75. The van der Waals surface area contributed by atoms with Gasteiger partial charge in [-0.25, -0.2) is 4.39 Å². The van der Waals surface area contributed by atoms with E-state index in [0.717, 1.165) is 12.1 Å². The molecule has 1 aromatic carbocycles. The molecule has 0 bridgehead atoms. The third kappa shape index (κ3) is 4.51. The first-order valence-corrected chi connectivity index (χ1v) is 5.58. The zero-order valence-corrected chi connectivity index (χ0v) is 10.2. The molecule has 0 saturated carbocycles. The molecular weight excluding hydrogens is 264 g/mol. The van der Waals surface area contributed by atoms with Crippen molar-refractivity contribution in [2.45, 2.75) is 25.6 Å². The van der Waals surface area contributed by atoms with Gasteiger partial charge in [0.25, 0.3) is 0 Å². The van der Waals surface area contributed by atoms with E-state index in [2.05, 4.69) is 5.32 Å². The lowest BCUT2D eigenvalue weighted by Gasteiger charge is -2.14. The summed E-state index contributed by atoms with van der Waals surface area (Å²) in [6.45, 7) is 1.61. The maximum absolute atomic E-state index is 13.3. The molecule has 0 aliphatic rings. The molecule has 0 aromatic heterocycles. The average molecular weight is 278 g/mol. The molecule has 19 heavy (non-hydrogen) atoms. The van der Waals surface area contributed by atoms with Gasteiger partial charge < -0.3 is 11.1 Å². The maximum Gasteiger partial charge on any atom is 0.419 e. The zero-order chi connectivity index (χ0) is 14.6. The molecule has 1 atom stereocenters. The van der Waals surface area contributed by atoms with Crippen LogP contribution in [0.2, 0.25) is 0 Å². The van der Waals surface area contributed by atoms with Crippen molar-refractivity contribution in [2.24, 2.45) is 5.73 Å². The monoisotopic (exact) mass is 278 g/mol. The minimum Gasteiger partial charge on any atom is -0.356 e. The van der Waals surface area contributed by atoms with Gasteiger partial charge in [0.1, 0.15) is 5.82 Å². The first-order chi connectivity index (χ1) is 8.71. The van der Waals surface area contributed by atoms with Gasteiger partial charge in [0.15, 0.2) is 0 Å². The van der Waals surface area contributed by atoms with Crippen molar-refractivity contribution < 1.29 is 22.4 Å². The summed E-state index contributed by atoms with van der Waals surface area (Å²) in [5.74, 6) is -1.58. The molecule has 106 valence electrons. The van der Waals surface area contributed by atoms with Crippen molar-refractivity contribution in [3.05, 3.63) is 35.1 Å². The fourth-order valence-corrected chi connectivity index (χ4v) is 1.56. The van der Waals surface area contributed by atoms with Crippen LogP contribution < -0.4 is 11.1 Å². The van der Waals surface area contributed by atoms with E-state index in [-0.39, 0.29) is 18.0 Å². The Labute approximate surface area is 107 Å². The van der Waals surface area contributed by atoms with Crippen LogP contribution in [0.5, 0.6) is 0 Å². The molecule has 1 amide bonds. The van der Waals surface area contributed by atoms with Crippen molar-refractivity contribution in [3.8, 4) is 0 Å². The molecule has 0 spiro atoms. The van der Waals surface area contributed by atoms with Crippen LogP contribution in [0.4, 0.5) is 17.6 Å². The van der Waals surface area contributed by atoms with Crippen LogP contribution in [-0.2, 0) is 11.0 Å². The third-order valence-corrected chi connectivity index (χ3v) is 2.56. The summed E-state index contributed by atoms with van der Waals surface area (Å²) in [6, 6.07) is 1.96. The van der Waals surface area contributed by atoms with Gasteiger partial charge in [0.05, 0.1) is 5.56 Å². The SMILES string of the molecule is CC(=O)NCC[C@@H](N)c1ccc(C(F)(F)F)c(F)c1. The van der Waals surface area contributed by atoms with Crippen LogP contribution in [-0.4, -0.2) is 12.5 Å². The number of carbonyl (C=O) groups excluding carboxylic acids is 1. The second-order valence-electron chi connectivity index (χ2n) is 4.12. The Morgan fingerprint density at radius 3 is 2.53 bits per heavy atom. The van der Waals surface area contributed by atoms with Crippen molar-refractivity contribution in [1.29, 1.82) is 0 Å². The highest BCUT2D eigenvalue weighted by atomic mass is 19.4. The molecular formula is C12H14F4N2O. The van der Waals surface area contributed by atoms with Gasteiger partial charge in [-0.3, -0.25) is 4.79 Å². The Hall–Kier alpha value is -1.63. The topological polar surface area (TPSA) is 55.1 Å². The number of hydrogen-bond acceptors (Lipinski definition) is 2. The largest absolute Gasteiger partial charge is 0.419 e. The summed E-state index contributed by atoms with van der Waals surface area (Å²) < 4.78 is 50.4. The molecule has 7 heteroatoms. The summed E-state index contributed by atoms with van der Waals surface area (Å²) in [5, 5.41) is 2.50. The van der Waals surface area contributed by atoms with Crippen molar-refractivity contribution in [1.82, 2.24) is 5.32 Å². The smallest absolute Gasteiger partial charge is 0.356 e. The van der Waals surface area contributed by atoms with E-state index in [4.69, 9.17) is 5.73 Å². The molecule has 3 N–H and O–H groups in total. The quantitative estimate of drug-likeness (QED) is 0.831. The van der Waals surface area contributed by atoms with Gasteiger partial charge >= 0.3 is 6.18 Å². The van der Waals surface area contributed by atoms with Crippen molar-refractivity contribution in [3.63, 3.8) is 0 Å². The van der Waals surface area contributed by atoms with E-state index in [0.29, 0.717) is 12.5 Å². The molecule has 0 aliphatic carbocycles. The van der Waals surface area contributed by atoms with E-state index in [1.807, 2.05) is 0 Å².